The van der Waals surface area contributed by atoms with E-state index in [1.807, 2.05) is 43.3 Å². The van der Waals surface area contributed by atoms with E-state index in [0.29, 0.717) is 42.0 Å². The third-order valence-electron chi connectivity index (χ3n) is 6.92. The maximum absolute atomic E-state index is 13.4. The number of nitrogens with zero attached hydrogens (tertiary/aromatic N) is 1. The highest BCUT2D eigenvalue weighted by Crippen LogP contribution is 2.42. The molecule has 0 spiro atoms. The normalized spacial score (nSPS) is 20.0. The van der Waals surface area contributed by atoms with Crippen LogP contribution in [0.2, 0.25) is 0 Å². The van der Waals surface area contributed by atoms with Crippen molar-refractivity contribution in [2.75, 3.05) is 20.8 Å². The van der Waals surface area contributed by atoms with Crippen molar-refractivity contribution < 1.29 is 28.9 Å². The lowest BCUT2D eigenvalue weighted by Gasteiger charge is -2.26. The van der Waals surface area contributed by atoms with Gasteiger partial charge in [-0.3, -0.25) is 9.59 Å². The number of aliphatic hydroxyl groups is 1. The van der Waals surface area contributed by atoms with Crippen LogP contribution in [0, 0.1) is 0 Å². The second kappa shape index (κ2) is 10.0. The molecule has 2 aliphatic heterocycles. The number of carbonyl (C=O) groups is 2. The van der Waals surface area contributed by atoms with Gasteiger partial charge in [0.1, 0.15) is 17.6 Å². The Balaban J connectivity index is 1.60. The highest BCUT2D eigenvalue weighted by molar-refractivity contribution is 6.46. The highest BCUT2D eigenvalue weighted by Gasteiger charge is 2.46. The molecular formula is C30H29NO6. The number of ether oxygens (including phenoxy) is 3. The van der Waals surface area contributed by atoms with Crippen molar-refractivity contribution in [3.05, 3.63) is 94.6 Å². The summed E-state index contributed by atoms with van der Waals surface area (Å²) in [6.45, 7) is 2.29. The third-order valence-corrected chi connectivity index (χ3v) is 6.92. The lowest BCUT2D eigenvalue weighted by molar-refractivity contribution is -0.139. The molecule has 2 heterocycles. The molecule has 0 aromatic heterocycles. The molecule has 1 N–H and O–H groups in total. The van der Waals surface area contributed by atoms with Crippen molar-refractivity contribution in [3.8, 4) is 17.2 Å². The van der Waals surface area contributed by atoms with E-state index in [1.54, 1.807) is 37.4 Å². The van der Waals surface area contributed by atoms with Gasteiger partial charge in [-0.05, 0) is 60.4 Å². The number of ketones is 1. The van der Waals surface area contributed by atoms with Crippen LogP contribution in [0.3, 0.4) is 0 Å². The van der Waals surface area contributed by atoms with Gasteiger partial charge >= 0.3 is 0 Å². The third kappa shape index (κ3) is 4.53. The van der Waals surface area contributed by atoms with Gasteiger partial charge in [-0.15, -0.1) is 0 Å². The topological polar surface area (TPSA) is 85.3 Å². The molecule has 3 aromatic carbocycles. The Kier molecular flexibility index (Phi) is 6.61. The summed E-state index contributed by atoms with van der Waals surface area (Å²) in [6.07, 6.45) is 1.31. The van der Waals surface area contributed by atoms with E-state index in [-0.39, 0.29) is 17.4 Å². The van der Waals surface area contributed by atoms with Crippen LogP contribution in [0.1, 0.15) is 35.2 Å². The first-order chi connectivity index (χ1) is 17.9. The van der Waals surface area contributed by atoms with Gasteiger partial charge < -0.3 is 24.2 Å². The maximum atomic E-state index is 13.4. The van der Waals surface area contributed by atoms with Crippen molar-refractivity contribution in [1.29, 1.82) is 0 Å². The SMILES string of the molecule is COc1ccc(C2/C(=C(/O)c3ccc4c(c3)CC(C)O4)C(=O)C(=O)N2CCc2ccccc2)cc1OC. The lowest BCUT2D eigenvalue weighted by Crippen LogP contribution is -2.31. The van der Waals surface area contributed by atoms with E-state index in [1.165, 1.54) is 12.0 Å². The van der Waals surface area contributed by atoms with Crippen LogP contribution in [0.5, 0.6) is 17.2 Å². The van der Waals surface area contributed by atoms with E-state index >= 15 is 0 Å². The van der Waals surface area contributed by atoms with Crippen molar-refractivity contribution in [1.82, 2.24) is 4.90 Å². The number of aliphatic hydroxyl groups excluding tert-OH is 1. The molecule has 7 heteroatoms. The fourth-order valence-electron chi connectivity index (χ4n) is 5.10. The number of rotatable bonds is 7. The summed E-state index contributed by atoms with van der Waals surface area (Å²) in [7, 11) is 3.07. The fourth-order valence-corrected chi connectivity index (χ4v) is 5.10. The summed E-state index contributed by atoms with van der Waals surface area (Å²) >= 11 is 0. The maximum Gasteiger partial charge on any atom is 0.295 e. The minimum atomic E-state index is -0.785. The Hall–Kier alpha value is -4.26. The molecular weight excluding hydrogens is 470 g/mol. The molecule has 0 bridgehead atoms. The number of methoxy groups -OCH3 is 2. The summed E-state index contributed by atoms with van der Waals surface area (Å²) in [4.78, 5) is 28.2. The molecule has 1 saturated heterocycles. The zero-order valence-electron chi connectivity index (χ0n) is 21.1. The van der Waals surface area contributed by atoms with Crippen LogP contribution >= 0.6 is 0 Å². The van der Waals surface area contributed by atoms with Gasteiger partial charge in [-0.2, -0.15) is 0 Å². The molecule has 0 aliphatic carbocycles. The quantitative estimate of drug-likeness (QED) is 0.288. The summed E-state index contributed by atoms with van der Waals surface area (Å²) in [5, 5.41) is 11.5. The van der Waals surface area contributed by atoms with Crippen LogP contribution in [-0.2, 0) is 22.4 Å². The molecule has 7 nitrogen and oxygen atoms in total. The number of amides is 1. The molecule has 2 atom stereocenters. The number of hydrogen-bond acceptors (Lipinski definition) is 6. The highest BCUT2D eigenvalue weighted by atomic mass is 16.5. The fraction of sp³-hybridized carbons (Fsp3) is 0.267. The van der Waals surface area contributed by atoms with Crippen molar-refractivity contribution in [3.63, 3.8) is 0 Å². The summed E-state index contributed by atoms with van der Waals surface area (Å²) in [5.41, 5.74) is 3.17. The van der Waals surface area contributed by atoms with Crippen molar-refractivity contribution in [2.24, 2.45) is 0 Å². The number of carbonyl (C=O) groups excluding carboxylic acids is 2. The van der Waals surface area contributed by atoms with E-state index in [2.05, 4.69) is 0 Å². The van der Waals surface area contributed by atoms with Crippen LogP contribution in [0.4, 0.5) is 0 Å². The van der Waals surface area contributed by atoms with Crippen LogP contribution in [-0.4, -0.2) is 48.6 Å². The summed E-state index contributed by atoms with van der Waals surface area (Å²) in [6, 6.07) is 19.6. The van der Waals surface area contributed by atoms with Gasteiger partial charge in [0.2, 0.25) is 0 Å². The predicted molar refractivity (Wildman–Crippen MR) is 139 cm³/mol. The molecule has 190 valence electrons. The Bertz CT molecular complexity index is 1380. The molecule has 0 radical (unpaired) electrons. The first kappa shape index (κ1) is 24.4. The standard InChI is InChI=1S/C30H29NO6/c1-18-15-22-16-21(10-11-23(22)37-18)28(32)26-27(20-9-12-24(35-2)25(17-20)36-3)31(30(34)29(26)33)14-13-19-7-5-4-6-8-19/h4-12,16-18,27,32H,13-15H2,1-3H3/b28-26-. The Morgan fingerprint density at radius 2 is 1.76 bits per heavy atom. The van der Waals surface area contributed by atoms with E-state index in [9.17, 15) is 14.7 Å². The summed E-state index contributed by atoms with van der Waals surface area (Å²) < 4.78 is 16.6. The number of fused-ring (bicyclic) bond motifs is 1. The first-order valence-corrected chi connectivity index (χ1v) is 12.3. The molecule has 0 saturated carbocycles. The zero-order chi connectivity index (χ0) is 26.1. The van der Waals surface area contributed by atoms with Gasteiger partial charge in [0.05, 0.1) is 25.8 Å². The smallest absolute Gasteiger partial charge is 0.295 e. The average molecular weight is 500 g/mol. The molecule has 5 rings (SSSR count). The van der Waals surface area contributed by atoms with Gasteiger partial charge in [0.25, 0.3) is 11.7 Å². The predicted octanol–water partition coefficient (Wildman–Crippen LogP) is 4.69. The van der Waals surface area contributed by atoms with Gasteiger partial charge in [-0.25, -0.2) is 0 Å². The van der Waals surface area contributed by atoms with E-state index in [4.69, 9.17) is 14.2 Å². The Labute approximate surface area is 215 Å². The van der Waals surface area contributed by atoms with E-state index in [0.717, 1.165) is 16.9 Å². The molecule has 2 aliphatic rings. The van der Waals surface area contributed by atoms with Crippen LogP contribution in [0.15, 0.2) is 72.3 Å². The monoisotopic (exact) mass is 499 g/mol. The first-order valence-electron chi connectivity index (χ1n) is 12.3. The summed E-state index contributed by atoms with van der Waals surface area (Å²) in [5.74, 6) is 0.204. The number of hydrogen-bond donors (Lipinski definition) is 1. The van der Waals surface area contributed by atoms with Crippen LogP contribution in [0.25, 0.3) is 5.76 Å². The Morgan fingerprint density at radius 1 is 1.00 bits per heavy atom. The van der Waals surface area contributed by atoms with Crippen molar-refractivity contribution >= 4 is 17.4 Å². The lowest BCUT2D eigenvalue weighted by atomic mass is 9.94. The average Bonchev–Trinajstić information content (AvgIpc) is 3.42. The second-order valence-electron chi connectivity index (χ2n) is 9.30. The van der Waals surface area contributed by atoms with Gasteiger partial charge in [0, 0.05) is 18.5 Å². The number of likely N-dealkylation sites (tertiary alicyclic amines) is 1. The largest absolute Gasteiger partial charge is 0.507 e. The zero-order valence-corrected chi connectivity index (χ0v) is 21.1. The number of Topliss-reactive ketones (excluding diaryl/α,β-unsaturated/α-hetero) is 1. The van der Waals surface area contributed by atoms with E-state index < -0.39 is 17.7 Å². The van der Waals surface area contributed by atoms with Crippen molar-refractivity contribution in [2.45, 2.75) is 31.9 Å². The van der Waals surface area contributed by atoms with Crippen LogP contribution < -0.4 is 14.2 Å². The Morgan fingerprint density at radius 3 is 2.49 bits per heavy atom. The molecule has 3 aromatic rings. The molecule has 37 heavy (non-hydrogen) atoms. The van der Waals surface area contributed by atoms with Gasteiger partial charge in [-0.1, -0.05) is 36.4 Å². The molecule has 2 unspecified atom stereocenters. The molecule has 1 amide bonds. The second-order valence-corrected chi connectivity index (χ2v) is 9.30. The molecule has 1 fully saturated rings. The van der Waals surface area contributed by atoms with Gasteiger partial charge in [0.15, 0.2) is 11.5 Å². The minimum absolute atomic E-state index is 0.0442. The number of benzene rings is 3. The minimum Gasteiger partial charge on any atom is -0.507 e.